The number of fused-ring (bicyclic) bond motifs is 2. The lowest BCUT2D eigenvalue weighted by atomic mass is 10.1. The van der Waals surface area contributed by atoms with E-state index in [0.717, 1.165) is 53.0 Å². The zero-order valence-electron chi connectivity index (χ0n) is 11.1. The van der Waals surface area contributed by atoms with Gasteiger partial charge in [-0.25, -0.2) is 0 Å². The molecule has 4 heteroatoms. The number of anilines is 1. The van der Waals surface area contributed by atoms with Gasteiger partial charge in [0.1, 0.15) is 0 Å². The third-order valence-electron chi connectivity index (χ3n) is 3.27. The first-order chi connectivity index (χ1) is 9.28. The van der Waals surface area contributed by atoms with E-state index in [-0.39, 0.29) is 0 Å². The Hall–Kier alpha value is -1.97. The number of hydrogen-bond acceptors (Lipinski definition) is 4. The predicted octanol–water partition coefficient (Wildman–Crippen LogP) is 2.93. The molecule has 100 valence electrons. The summed E-state index contributed by atoms with van der Waals surface area (Å²) in [5.74, 6) is 1.53. The minimum atomic E-state index is 0.680. The highest BCUT2D eigenvalue weighted by Crippen LogP contribution is 2.35. The maximum absolute atomic E-state index is 6.12. The molecule has 0 fully saturated rings. The quantitative estimate of drug-likeness (QED) is 0.899. The molecule has 19 heavy (non-hydrogen) atoms. The molecule has 1 aliphatic rings. The van der Waals surface area contributed by atoms with Gasteiger partial charge in [0.05, 0.1) is 18.7 Å². The maximum atomic E-state index is 6.12. The lowest BCUT2D eigenvalue weighted by Crippen LogP contribution is -1.97. The minimum absolute atomic E-state index is 0.680. The Bertz CT molecular complexity index is 611. The number of aromatic nitrogens is 1. The monoisotopic (exact) mass is 258 g/mol. The second kappa shape index (κ2) is 4.96. The second-order valence-electron chi connectivity index (χ2n) is 4.82. The van der Waals surface area contributed by atoms with Crippen LogP contribution in [-0.4, -0.2) is 18.2 Å². The van der Waals surface area contributed by atoms with Gasteiger partial charge in [-0.3, -0.25) is 4.98 Å². The Labute approximate surface area is 112 Å². The normalized spacial score (nSPS) is 14.4. The molecular formula is C15H18N2O2. The van der Waals surface area contributed by atoms with Crippen LogP contribution in [0.4, 0.5) is 5.69 Å². The highest BCUT2D eigenvalue weighted by Gasteiger charge is 2.14. The van der Waals surface area contributed by atoms with Gasteiger partial charge in [-0.1, -0.05) is 13.3 Å². The van der Waals surface area contributed by atoms with E-state index >= 15 is 0 Å². The summed E-state index contributed by atoms with van der Waals surface area (Å²) >= 11 is 0. The van der Waals surface area contributed by atoms with Gasteiger partial charge < -0.3 is 15.2 Å². The molecule has 0 bridgehead atoms. The Kier molecular flexibility index (Phi) is 3.15. The minimum Gasteiger partial charge on any atom is -0.490 e. The van der Waals surface area contributed by atoms with Crippen molar-refractivity contribution in [2.24, 2.45) is 0 Å². The van der Waals surface area contributed by atoms with E-state index < -0.39 is 0 Å². The van der Waals surface area contributed by atoms with Crippen molar-refractivity contribution in [3.63, 3.8) is 0 Å². The molecule has 1 aliphatic heterocycles. The molecular weight excluding hydrogens is 240 g/mol. The van der Waals surface area contributed by atoms with Gasteiger partial charge in [-0.15, -0.1) is 0 Å². The van der Waals surface area contributed by atoms with E-state index in [1.807, 2.05) is 18.2 Å². The van der Waals surface area contributed by atoms with Gasteiger partial charge in [-0.05, 0) is 18.6 Å². The number of pyridine rings is 1. The lowest BCUT2D eigenvalue weighted by molar-refractivity contribution is 0.297. The highest BCUT2D eigenvalue weighted by atomic mass is 16.5. The molecule has 0 radical (unpaired) electrons. The number of rotatable bonds is 2. The number of nitrogen functional groups attached to an aromatic ring is 1. The smallest absolute Gasteiger partial charge is 0.163 e. The average molecular weight is 258 g/mol. The molecule has 0 amide bonds. The molecule has 2 heterocycles. The molecule has 1 aromatic carbocycles. The molecule has 0 unspecified atom stereocenters. The van der Waals surface area contributed by atoms with E-state index in [4.69, 9.17) is 15.2 Å². The Morgan fingerprint density at radius 1 is 1.16 bits per heavy atom. The summed E-state index contributed by atoms with van der Waals surface area (Å²) in [7, 11) is 0. The van der Waals surface area contributed by atoms with Gasteiger partial charge in [-0.2, -0.15) is 0 Å². The van der Waals surface area contributed by atoms with Crippen LogP contribution < -0.4 is 15.2 Å². The molecule has 3 rings (SSSR count). The van der Waals surface area contributed by atoms with Crippen molar-refractivity contribution in [1.29, 1.82) is 0 Å². The Balaban J connectivity index is 2.14. The summed E-state index contributed by atoms with van der Waals surface area (Å²) in [5.41, 5.74) is 8.79. The van der Waals surface area contributed by atoms with E-state index in [1.165, 1.54) is 0 Å². The van der Waals surface area contributed by atoms with Crippen LogP contribution in [0.3, 0.4) is 0 Å². The Morgan fingerprint density at radius 3 is 2.63 bits per heavy atom. The van der Waals surface area contributed by atoms with Crippen molar-refractivity contribution in [3.8, 4) is 11.5 Å². The highest BCUT2D eigenvalue weighted by molar-refractivity contribution is 5.92. The van der Waals surface area contributed by atoms with Gasteiger partial charge in [0.15, 0.2) is 11.5 Å². The number of nitrogens with two attached hydrogens (primary N) is 1. The number of nitrogens with zero attached hydrogens (tertiary/aromatic N) is 1. The van der Waals surface area contributed by atoms with E-state index in [0.29, 0.717) is 13.2 Å². The molecule has 0 saturated heterocycles. The topological polar surface area (TPSA) is 57.4 Å². The fourth-order valence-electron chi connectivity index (χ4n) is 2.35. The summed E-state index contributed by atoms with van der Waals surface area (Å²) < 4.78 is 11.4. The molecule has 0 spiro atoms. The molecule has 1 aromatic heterocycles. The third-order valence-corrected chi connectivity index (χ3v) is 3.27. The number of hydrogen-bond donors (Lipinski definition) is 1. The molecule has 4 nitrogen and oxygen atoms in total. The summed E-state index contributed by atoms with van der Waals surface area (Å²) in [6.07, 6.45) is 2.89. The summed E-state index contributed by atoms with van der Waals surface area (Å²) in [5, 5.41) is 0.934. The second-order valence-corrected chi connectivity index (χ2v) is 4.82. The van der Waals surface area contributed by atoms with Crippen LogP contribution in [0.1, 0.15) is 25.5 Å². The largest absolute Gasteiger partial charge is 0.490 e. The van der Waals surface area contributed by atoms with Gasteiger partial charge in [0.2, 0.25) is 0 Å². The first-order valence-electron chi connectivity index (χ1n) is 6.76. The van der Waals surface area contributed by atoms with Crippen LogP contribution in [0.2, 0.25) is 0 Å². The molecule has 0 aliphatic carbocycles. The maximum Gasteiger partial charge on any atom is 0.163 e. The van der Waals surface area contributed by atoms with Crippen LogP contribution in [-0.2, 0) is 6.42 Å². The summed E-state index contributed by atoms with van der Waals surface area (Å²) in [6, 6.07) is 5.83. The fourth-order valence-corrected chi connectivity index (χ4v) is 2.35. The van der Waals surface area contributed by atoms with Crippen LogP contribution >= 0.6 is 0 Å². The Morgan fingerprint density at radius 2 is 1.89 bits per heavy atom. The van der Waals surface area contributed by atoms with Gasteiger partial charge in [0.25, 0.3) is 0 Å². The van der Waals surface area contributed by atoms with Crippen LogP contribution in [0.5, 0.6) is 11.5 Å². The zero-order chi connectivity index (χ0) is 13.2. The number of ether oxygens (including phenoxy) is 2. The molecule has 2 aromatic rings. The van der Waals surface area contributed by atoms with Crippen LogP contribution in [0, 0.1) is 0 Å². The summed E-state index contributed by atoms with van der Waals surface area (Å²) in [6.45, 7) is 3.50. The van der Waals surface area contributed by atoms with Crippen molar-refractivity contribution in [1.82, 2.24) is 4.98 Å². The molecule has 0 saturated carbocycles. The summed E-state index contributed by atoms with van der Waals surface area (Å²) in [4.78, 5) is 4.65. The number of benzene rings is 1. The van der Waals surface area contributed by atoms with E-state index in [9.17, 15) is 0 Å². The van der Waals surface area contributed by atoms with Gasteiger partial charge in [0, 0.05) is 29.3 Å². The first-order valence-corrected chi connectivity index (χ1v) is 6.76. The van der Waals surface area contributed by atoms with E-state index in [1.54, 1.807) is 0 Å². The zero-order valence-corrected chi connectivity index (χ0v) is 11.1. The first kappa shape index (κ1) is 12.1. The van der Waals surface area contributed by atoms with Crippen molar-refractivity contribution in [2.45, 2.75) is 26.2 Å². The van der Waals surface area contributed by atoms with Crippen LogP contribution in [0.15, 0.2) is 18.2 Å². The predicted molar refractivity (Wildman–Crippen MR) is 75.8 cm³/mol. The number of aryl methyl sites for hydroxylation is 1. The van der Waals surface area contributed by atoms with Gasteiger partial charge >= 0.3 is 0 Å². The van der Waals surface area contributed by atoms with E-state index in [2.05, 4.69) is 11.9 Å². The standard InChI is InChI=1S/C15H18N2O2/c1-2-4-10-7-12(16)11-8-14-15(9-13(11)17-10)19-6-3-5-18-14/h7-9H,2-6H2,1H3,(H2,16,17). The van der Waals surface area contributed by atoms with Crippen molar-refractivity contribution in [3.05, 3.63) is 23.9 Å². The SMILES string of the molecule is CCCc1cc(N)c2cc3c(cc2n1)OCCCO3. The molecule has 0 atom stereocenters. The third kappa shape index (κ3) is 2.30. The van der Waals surface area contributed by atoms with Crippen molar-refractivity contribution in [2.75, 3.05) is 18.9 Å². The average Bonchev–Trinajstić information content (AvgIpc) is 2.62. The lowest BCUT2D eigenvalue weighted by Gasteiger charge is -2.11. The van der Waals surface area contributed by atoms with Crippen molar-refractivity contribution >= 4 is 16.6 Å². The van der Waals surface area contributed by atoms with Crippen molar-refractivity contribution < 1.29 is 9.47 Å². The van der Waals surface area contributed by atoms with Crippen LogP contribution in [0.25, 0.3) is 10.9 Å². The fraction of sp³-hybridized carbons (Fsp3) is 0.400. The molecule has 2 N–H and O–H groups in total.